The van der Waals surface area contributed by atoms with Crippen molar-refractivity contribution in [3.05, 3.63) is 74.3 Å². The number of carbonyl (C=O) groups excluding carboxylic acids is 1. The molecule has 0 fully saturated rings. The van der Waals surface area contributed by atoms with Crippen LogP contribution in [0.1, 0.15) is 38.4 Å². The molecule has 3 rings (SSSR count). The molecule has 5 nitrogen and oxygen atoms in total. The van der Waals surface area contributed by atoms with E-state index < -0.39 is 0 Å². The van der Waals surface area contributed by atoms with Gasteiger partial charge in [-0.15, -0.1) is 0 Å². The maximum Gasteiger partial charge on any atom is 0.253 e. The van der Waals surface area contributed by atoms with Crippen LogP contribution in [0, 0.1) is 27.7 Å². The number of hydrogen-bond donors (Lipinski definition) is 2. The third-order valence-electron chi connectivity index (χ3n) is 4.26. The van der Waals surface area contributed by atoms with Crippen molar-refractivity contribution in [2.75, 3.05) is 0 Å². The summed E-state index contributed by atoms with van der Waals surface area (Å²) in [5, 5.41) is 3.69. The van der Waals surface area contributed by atoms with Crippen LogP contribution in [0.4, 0.5) is 0 Å². The Kier molecular flexibility index (Phi) is 4.40. The van der Waals surface area contributed by atoms with Crippen LogP contribution < -0.4 is 10.9 Å². The van der Waals surface area contributed by atoms with Crippen molar-refractivity contribution < 1.29 is 4.79 Å². The molecule has 0 bridgehead atoms. The van der Waals surface area contributed by atoms with Crippen molar-refractivity contribution in [3.63, 3.8) is 0 Å². The molecule has 1 aromatic carbocycles. The molecule has 2 N–H and O–H groups in total. The van der Waals surface area contributed by atoms with Crippen LogP contribution in [-0.4, -0.2) is 15.9 Å². The topological polar surface area (TPSA) is 74.8 Å². The molecule has 25 heavy (non-hydrogen) atoms. The van der Waals surface area contributed by atoms with Crippen molar-refractivity contribution in [3.8, 4) is 0 Å². The van der Waals surface area contributed by atoms with Crippen LogP contribution in [0.25, 0.3) is 10.9 Å². The highest BCUT2D eigenvalue weighted by atomic mass is 16.1. The molecule has 0 saturated heterocycles. The summed E-state index contributed by atoms with van der Waals surface area (Å²) in [4.78, 5) is 32.1. The molecule has 0 radical (unpaired) electrons. The summed E-state index contributed by atoms with van der Waals surface area (Å²) in [7, 11) is 0. The Bertz CT molecular complexity index is 1040. The van der Waals surface area contributed by atoms with E-state index in [1.807, 2.05) is 52.0 Å². The van der Waals surface area contributed by atoms with Gasteiger partial charge in [0.15, 0.2) is 0 Å². The van der Waals surface area contributed by atoms with Gasteiger partial charge in [-0.25, -0.2) is 0 Å². The molecule has 1 amide bonds. The van der Waals surface area contributed by atoms with Gasteiger partial charge in [-0.05, 0) is 57.5 Å². The number of aromatic nitrogens is 2. The van der Waals surface area contributed by atoms with Gasteiger partial charge in [0.05, 0.1) is 11.1 Å². The minimum absolute atomic E-state index is 0.163. The number of benzene rings is 1. The quantitative estimate of drug-likeness (QED) is 0.772. The smallest absolute Gasteiger partial charge is 0.253 e. The second-order valence-corrected chi connectivity index (χ2v) is 6.46. The van der Waals surface area contributed by atoms with E-state index in [-0.39, 0.29) is 18.0 Å². The number of hydrogen-bond acceptors (Lipinski definition) is 3. The maximum absolute atomic E-state index is 12.7. The Labute approximate surface area is 146 Å². The van der Waals surface area contributed by atoms with Crippen molar-refractivity contribution >= 4 is 16.8 Å². The third-order valence-corrected chi connectivity index (χ3v) is 4.26. The zero-order valence-corrected chi connectivity index (χ0v) is 14.9. The van der Waals surface area contributed by atoms with Crippen LogP contribution in [-0.2, 0) is 6.54 Å². The van der Waals surface area contributed by atoms with Crippen molar-refractivity contribution in [1.82, 2.24) is 15.3 Å². The standard InChI is InChI=1S/C20H21N3O2/c1-11-5-6-18-15(7-11)16(9-14(4)22-18)19(24)21-10-17-12(2)8-13(3)23-20(17)25/h5-9H,10H2,1-4H3,(H,21,24)(H,23,25). The highest BCUT2D eigenvalue weighted by molar-refractivity contribution is 6.06. The Hall–Kier alpha value is -2.95. The minimum Gasteiger partial charge on any atom is -0.348 e. The lowest BCUT2D eigenvalue weighted by Gasteiger charge is -2.11. The van der Waals surface area contributed by atoms with E-state index in [1.165, 1.54) is 0 Å². The molecule has 0 aliphatic heterocycles. The number of aryl methyl sites for hydroxylation is 4. The van der Waals surface area contributed by atoms with E-state index >= 15 is 0 Å². The van der Waals surface area contributed by atoms with Gasteiger partial charge in [-0.2, -0.15) is 0 Å². The normalized spacial score (nSPS) is 10.9. The summed E-state index contributed by atoms with van der Waals surface area (Å²) in [6, 6.07) is 9.54. The SMILES string of the molecule is Cc1ccc2nc(C)cc(C(=O)NCc3c(C)cc(C)[nH]c3=O)c2c1. The zero-order valence-electron chi connectivity index (χ0n) is 14.9. The molecule has 0 aliphatic rings. The van der Waals surface area contributed by atoms with E-state index in [0.29, 0.717) is 11.1 Å². The minimum atomic E-state index is -0.208. The van der Waals surface area contributed by atoms with Gasteiger partial charge < -0.3 is 10.3 Å². The Balaban J connectivity index is 1.93. The maximum atomic E-state index is 12.7. The van der Waals surface area contributed by atoms with Crippen molar-refractivity contribution in [1.29, 1.82) is 0 Å². The average molecular weight is 335 g/mol. The van der Waals surface area contributed by atoms with E-state index in [0.717, 1.165) is 33.4 Å². The third kappa shape index (κ3) is 3.45. The number of nitrogens with zero attached hydrogens (tertiary/aromatic N) is 1. The van der Waals surface area contributed by atoms with Gasteiger partial charge in [-0.3, -0.25) is 14.6 Å². The number of aromatic amines is 1. The first-order valence-electron chi connectivity index (χ1n) is 8.21. The summed E-state index contributed by atoms with van der Waals surface area (Å²) in [6.45, 7) is 7.75. The fraction of sp³-hybridized carbons (Fsp3) is 0.250. The Morgan fingerprint density at radius 2 is 1.88 bits per heavy atom. The number of nitrogens with one attached hydrogen (secondary N) is 2. The van der Waals surface area contributed by atoms with Gasteiger partial charge in [0.1, 0.15) is 0 Å². The summed E-state index contributed by atoms with van der Waals surface area (Å²) in [5.74, 6) is -0.208. The molecule has 128 valence electrons. The molecule has 2 aromatic heterocycles. The highest BCUT2D eigenvalue weighted by Gasteiger charge is 2.13. The summed E-state index contributed by atoms with van der Waals surface area (Å²) in [6.07, 6.45) is 0. The van der Waals surface area contributed by atoms with Gasteiger partial charge in [0, 0.05) is 28.9 Å². The first-order valence-corrected chi connectivity index (χ1v) is 8.21. The molecular weight excluding hydrogens is 314 g/mol. The molecule has 0 spiro atoms. The number of fused-ring (bicyclic) bond motifs is 1. The molecule has 0 unspecified atom stereocenters. The van der Waals surface area contributed by atoms with Crippen LogP contribution in [0.2, 0.25) is 0 Å². The van der Waals surface area contributed by atoms with Crippen molar-refractivity contribution in [2.45, 2.75) is 34.2 Å². The summed E-state index contributed by atoms with van der Waals surface area (Å²) in [5.41, 5.74) is 5.31. The lowest BCUT2D eigenvalue weighted by atomic mass is 10.0. The van der Waals surface area contributed by atoms with E-state index in [1.54, 1.807) is 6.07 Å². The average Bonchev–Trinajstić information content (AvgIpc) is 2.53. The fourth-order valence-electron chi connectivity index (χ4n) is 3.03. The van der Waals surface area contributed by atoms with Gasteiger partial charge in [-0.1, -0.05) is 11.6 Å². The predicted octanol–water partition coefficient (Wildman–Crippen LogP) is 3.09. The first-order chi connectivity index (χ1) is 11.8. The van der Waals surface area contributed by atoms with Crippen LogP contribution >= 0.6 is 0 Å². The van der Waals surface area contributed by atoms with Gasteiger partial charge >= 0.3 is 0 Å². The molecule has 2 heterocycles. The fourth-order valence-corrected chi connectivity index (χ4v) is 3.03. The molecule has 3 aromatic rings. The second kappa shape index (κ2) is 6.51. The van der Waals surface area contributed by atoms with Gasteiger partial charge in [0.2, 0.25) is 0 Å². The Morgan fingerprint density at radius 3 is 2.60 bits per heavy atom. The van der Waals surface area contributed by atoms with Crippen LogP contribution in [0.5, 0.6) is 0 Å². The van der Waals surface area contributed by atoms with Gasteiger partial charge in [0.25, 0.3) is 11.5 Å². The number of carbonyl (C=O) groups is 1. The molecule has 0 aliphatic carbocycles. The predicted molar refractivity (Wildman–Crippen MR) is 98.9 cm³/mol. The molecule has 5 heteroatoms. The monoisotopic (exact) mass is 335 g/mol. The number of H-pyrrole nitrogens is 1. The zero-order chi connectivity index (χ0) is 18.1. The first kappa shape index (κ1) is 16.9. The number of pyridine rings is 2. The molecule has 0 atom stereocenters. The van der Waals surface area contributed by atoms with Crippen molar-refractivity contribution in [2.24, 2.45) is 0 Å². The largest absolute Gasteiger partial charge is 0.348 e. The highest BCUT2D eigenvalue weighted by Crippen LogP contribution is 2.20. The van der Waals surface area contributed by atoms with E-state index in [2.05, 4.69) is 15.3 Å². The second-order valence-electron chi connectivity index (χ2n) is 6.46. The number of rotatable bonds is 3. The number of amides is 1. The Morgan fingerprint density at radius 1 is 1.12 bits per heavy atom. The lowest BCUT2D eigenvalue weighted by Crippen LogP contribution is -2.28. The van der Waals surface area contributed by atoms with E-state index in [4.69, 9.17) is 0 Å². The molecular formula is C20H21N3O2. The van der Waals surface area contributed by atoms with E-state index in [9.17, 15) is 9.59 Å². The summed E-state index contributed by atoms with van der Waals surface area (Å²) < 4.78 is 0. The lowest BCUT2D eigenvalue weighted by molar-refractivity contribution is 0.0952. The summed E-state index contributed by atoms with van der Waals surface area (Å²) >= 11 is 0. The molecule has 0 saturated carbocycles. The van der Waals surface area contributed by atoms with Crippen LogP contribution in [0.15, 0.2) is 35.1 Å². The van der Waals surface area contributed by atoms with Crippen LogP contribution in [0.3, 0.4) is 0 Å².